The van der Waals surface area contributed by atoms with E-state index in [0.717, 1.165) is 68.0 Å². The lowest BCUT2D eigenvalue weighted by Gasteiger charge is -2.21. The lowest BCUT2D eigenvalue weighted by molar-refractivity contribution is -0.161. The van der Waals surface area contributed by atoms with Gasteiger partial charge in [0.25, 0.3) is 0 Å². The molecular weight excluding hydrogens is 985 g/mol. The number of unbranched alkanes of at least 4 members (excludes halogenated alkanes) is 13. The summed E-state index contributed by atoms with van der Waals surface area (Å²) >= 11 is 0. The monoisotopic (exact) mass is 1070 g/mol. The molecule has 8 atom stereocenters. The lowest BCUT2D eigenvalue weighted by Crippen LogP contribution is -2.36. The van der Waals surface area contributed by atoms with Crippen LogP contribution in [0.4, 0.5) is 5.82 Å². The van der Waals surface area contributed by atoms with Crippen LogP contribution in [0.2, 0.25) is 0 Å². The van der Waals surface area contributed by atoms with Crippen LogP contribution in [-0.4, -0.2) is 96.9 Å². The Kier molecular flexibility index (Phi) is 34.9. The van der Waals surface area contributed by atoms with E-state index in [1.807, 2.05) is 12.2 Å². The fourth-order valence-electron chi connectivity index (χ4n) is 7.59. The van der Waals surface area contributed by atoms with Gasteiger partial charge in [0.2, 0.25) is 0 Å². The minimum Gasteiger partial charge on any atom is -0.462 e. The molecule has 1 aliphatic rings. The number of hydrogen-bond donors (Lipinski definition) is 6. The number of ether oxygens (including phenoxy) is 3. The number of phosphoric acid groups is 2. The predicted molar refractivity (Wildman–Crippen MR) is 281 cm³/mol. The second-order valence-corrected chi connectivity index (χ2v) is 21.7. The number of anilines is 1. The quantitative estimate of drug-likeness (QED) is 0.0117. The molecule has 0 bridgehead atoms. The molecule has 2 heterocycles. The minimum absolute atomic E-state index is 0.00925. The van der Waals surface area contributed by atoms with Crippen molar-refractivity contribution in [2.45, 2.75) is 205 Å². The van der Waals surface area contributed by atoms with E-state index in [1.54, 1.807) is 12.2 Å². The standard InChI is InChI=1S/C52H87N3O16P2/c1-4-5-6-7-8-9-10-13-17-20-23-26-29-33-43(56)34-31-36-47(57)66-39-44(69-48(58)35-30-27-24-21-18-15-12-11-14-16-19-22-25-28-32-42(2)3)40-67-72(62,63)71-73(64,65)68-41-45-49(59)50(60)51(70-45)55-38-37-46(53)54-52(55)61/h5-6,8-9,13,17,23,26,29,33,37-38,42-45,49-51,56,59-60H,4,7,10-12,14-16,18-22,24-25,27-28,30-32,34-36,39-41H2,1-3H3,(H,62,63)(H,64,65)(H2,53,54,61)/b6-5-,9-8-,17-13-,26-23-,33-29+/t43?,44-,45-,49-,50-,51-/m1/s1. The van der Waals surface area contributed by atoms with Gasteiger partial charge in [-0.05, 0) is 56.9 Å². The summed E-state index contributed by atoms with van der Waals surface area (Å²) in [6.45, 7) is 4.17. The molecule has 73 heavy (non-hydrogen) atoms. The normalized spacial score (nSPS) is 20.0. The Bertz CT molecular complexity index is 1990. The Morgan fingerprint density at radius 2 is 1.29 bits per heavy atom. The first-order valence-electron chi connectivity index (χ1n) is 26.3. The number of aliphatic hydroxyl groups is 3. The number of hydrogen-bond acceptors (Lipinski definition) is 16. The predicted octanol–water partition coefficient (Wildman–Crippen LogP) is 9.94. The molecule has 0 saturated carbocycles. The highest BCUT2D eigenvalue weighted by Crippen LogP contribution is 2.60. The van der Waals surface area contributed by atoms with Gasteiger partial charge in [-0.25, -0.2) is 13.9 Å². The Morgan fingerprint density at radius 1 is 0.740 bits per heavy atom. The molecule has 19 nitrogen and oxygen atoms in total. The number of carbonyl (C=O) groups is 2. The molecule has 0 spiro atoms. The summed E-state index contributed by atoms with van der Waals surface area (Å²) in [7, 11) is -10.9. The summed E-state index contributed by atoms with van der Waals surface area (Å²) in [5.41, 5.74) is 4.58. The number of allylic oxidation sites excluding steroid dienone is 9. The van der Waals surface area contributed by atoms with Crippen molar-refractivity contribution in [1.29, 1.82) is 0 Å². The first-order chi connectivity index (χ1) is 34.9. The smallest absolute Gasteiger partial charge is 0.462 e. The first-order valence-corrected chi connectivity index (χ1v) is 29.3. The van der Waals surface area contributed by atoms with Crippen LogP contribution in [0, 0.1) is 5.92 Å². The summed E-state index contributed by atoms with van der Waals surface area (Å²) in [5, 5.41) is 31.3. The molecule has 1 saturated heterocycles. The average Bonchev–Trinajstić information content (AvgIpc) is 3.61. The lowest BCUT2D eigenvalue weighted by atomic mass is 10.0. The summed E-state index contributed by atoms with van der Waals surface area (Å²) < 4.78 is 56.7. The molecule has 7 N–H and O–H groups in total. The van der Waals surface area contributed by atoms with Crippen LogP contribution < -0.4 is 11.4 Å². The van der Waals surface area contributed by atoms with Gasteiger partial charge in [-0.2, -0.15) is 9.29 Å². The largest absolute Gasteiger partial charge is 0.481 e. The van der Waals surface area contributed by atoms with Crippen molar-refractivity contribution in [3.63, 3.8) is 0 Å². The number of phosphoric ester groups is 2. The zero-order valence-corrected chi connectivity index (χ0v) is 45.2. The Balaban J connectivity index is 1.84. The Hall–Kier alpha value is -3.58. The molecule has 1 aromatic heterocycles. The van der Waals surface area contributed by atoms with Crippen molar-refractivity contribution < 1.29 is 71.4 Å². The van der Waals surface area contributed by atoms with Crippen LogP contribution in [0.3, 0.4) is 0 Å². The van der Waals surface area contributed by atoms with E-state index in [1.165, 1.54) is 70.3 Å². The Labute approximate surface area is 433 Å². The van der Waals surface area contributed by atoms with Crippen LogP contribution in [0.15, 0.2) is 77.8 Å². The number of nitrogen functional groups attached to an aromatic ring is 1. The summed E-state index contributed by atoms with van der Waals surface area (Å²) in [4.78, 5) is 62.0. The third-order valence-electron chi connectivity index (χ3n) is 11.6. The van der Waals surface area contributed by atoms with E-state index in [4.69, 9.17) is 29.0 Å². The highest BCUT2D eigenvalue weighted by Gasteiger charge is 2.46. The van der Waals surface area contributed by atoms with E-state index >= 15 is 0 Å². The molecule has 2 rings (SSSR count). The molecule has 0 aliphatic carbocycles. The molecule has 0 amide bonds. The van der Waals surface area contributed by atoms with Gasteiger partial charge in [-0.3, -0.25) is 23.2 Å². The molecule has 1 aromatic rings. The maximum Gasteiger partial charge on any atom is 0.481 e. The van der Waals surface area contributed by atoms with Crippen LogP contribution in [0.1, 0.15) is 175 Å². The first kappa shape index (κ1) is 65.5. The number of nitrogens with zero attached hydrogens (tertiary/aromatic N) is 2. The van der Waals surface area contributed by atoms with Gasteiger partial charge in [0, 0.05) is 19.0 Å². The van der Waals surface area contributed by atoms with Gasteiger partial charge in [-0.15, -0.1) is 0 Å². The van der Waals surface area contributed by atoms with Gasteiger partial charge in [0.15, 0.2) is 12.3 Å². The zero-order valence-electron chi connectivity index (χ0n) is 43.4. The second kappa shape index (κ2) is 38.9. The van der Waals surface area contributed by atoms with E-state index in [9.17, 15) is 48.6 Å². The topological polar surface area (TPSA) is 286 Å². The van der Waals surface area contributed by atoms with Gasteiger partial charge in [0.1, 0.15) is 30.7 Å². The van der Waals surface area contributed by atoms with E-state index in [0.29, 0.717) is 6.42 Å². The Morgan fingerprint density at radius 3 is 1.88 bits per heavy atom. The number of nitrogens with two attached hydrogens (primary N) is 1. The van der Waals surface area contributed by atoms with E-state index in [-0.39, 0.29) is 31.5 Å². The van der Waals surface area contributed by atoms with Crippen LogP contribution in [0.25, 0.3) is 0 Å². The SMILES string of the molecule is CC/C=C\C/C=C\C/C=C\C/C=C\C=C\C(O)CCCC(=O)OC[C@H](COP(=O)(O)OP(=O)(O)OC[C@H]1O[C@@H](n2ccc(N)nc2=O)[C@H](O)[C@@H]1O)OC(=O)CCCCCCCCCCCCCCCCC(C)C. The van der Waals surface area contributed by atoms with Gasteiger partial charge in [0.05, 0.1) is 19.3 Å². The average molecular weight is 1070 g/mol. The minimum atomic E-state index is -5.46. The molecule has 1 fully saturated rings. The molecule has 0 radical (unpaired) electrons. The fraction of sp³-hybridized carbons (Fsp3) is 0.692. The van der Waals surface area contributed by atoms with Crippen molar-refractivity contribution in [1.82, 2.24) is 9.55 Å². The number of carbonyl (C=O) groups excluding carboxylic acids is 2. The highest BCUT2D eigenvalue weighted by atomic mass is 31.3. The van der Waals surface area contributed by atoms with Crippen molar-refractivity contribution in [3.8, 4) is 0 Å². The third kappa shape index (κ3) is 32.5. The molecule has 0 aromatic carbocycles. The highest BCUT2D eigenvalue weighted by molar-refractivity contribution is 7.61. The molecule has 1 aliphatic heterocycles. The van der Waals surface area contributed by atoms with Crippen molar-refractivity contribution in [3.05, 3.63) is 83.5 Å². The van der Waals surface area contributed by atoms with Crippen LogP contribution in [0.5, 0.6) is 0 Å². The van der Waals surface area contributed by atoms with Crippen molar-refractivity contribution in [2.75, 3.05) is 25.6 Å². The molecule has 21 heteroatoms. The molecule has 3 unspecified atom stereocenters. The number of rotatable bonds is 42. The van der Waals surface area contributed by atoms with Crippen molar-refractivity contribution >= 4 is 33.4 Å². The second-order valence-electron chi connectivity index (χ2n) is 18.7. The third-order valence-corrected chi connectivity index (χ3v) is 14.3. The summed E-state index contributed by atoms with van der Waals surface area (Å²) in [6.07, 6.45) is 33.3. The summed E-state index contributed by atoms with van der Waals surface area (Å²) in [6, 6.07) is 1.24. The maximum atomic E-state index is 12.9. The number of esters is 2. The number of aliphatic hydroxyl groups excluding tert-OH is 3. The zero-order chi connectivity index (χ0) is 53.7. The fourth-order valence-corrected chi connectivity index (χ4v) is 9.70. The molecular formula is C52H87N3O16P2. The summed E-state index contributed by atoms with van der Waals surface area (Å²) in [5.74, 6) is -0.725. The van der Waals surface area contributed by atoms with E-state index < -0.39 is 89.8 Å². The van der Waals surface area contributed by atoms with Gasteiger partial charge >= 0.3 is 33.3 Å². The molecule has 416 valence electrons. The number of aromatic nitrogens is 2. The van der Waals surface area contributed by atoms with Crippen LogP contribution >= 0.6 is 15.6 Å². The maximum absolute atomic E-state index is 12.9. The van der Waals surface area contributed by atoms with Crippen molar-refractivity contribution in [2.24, 2.45) is 5.92 Å². The van der Waals surface area contributed by atoms with Gasteiger partial charge in [-0.1, -0.05) is 171 Å². The van der Waals surface area contributed by atoms with Gasteiger partial charge < -0.3 is 45.1 Å². The van der Waals surface area contributed by atoms with Crippen LogP contribution in [-0.2, 0) is 46.3 Å². The van der Waals surface area contributed by atoms with E-state index in [2.05, 4.69) is 66.5 Å².